The lowest BCUT2D eigenvalue weighted by atomic mass is 10.1. The van der Waals surface area contributed by atoms with Crippen LogP contribution in [0, 0.1) is 0 Å². The summed E-state index contributed by atoms with van der Waals surface area (Å²) in [6.45, 7) is 3.35. The van der Waals surface area contributed by atoms with Crippen LogP contribution in [0.3, 0.4) is 0 Å². The Morgan fingerprint density at radius 2 is 1.11 bits per heavy atom. The average molecular weight is 779 g/mol. The number of aliphatic hydroxyl groups is 2. The maximum atomic E-state index is 12.4. The van der Waals surface area contributed by atoms with Crippen LogP contribution in [0.2, 0.25) is 0 Å². The van der Waals surface area contributed by atoms with Gasteiger partial charge in [-0.25, -0.2) is 4.57 Å². The zero-order valence-corrected chi connectivity index (χ0v) is 34.0. The number of allylic oxidation sites excluding steroid dienone is 11. The largest absolute Gasteiger partial charge is 0.469 e. The Morgan fingerprint density at radius 3 is 1.76 bits per heavy atom. The monoisotopic (exact) mass is 778 g/mol. The first-order valence-corrected chi connectivity index (χ1v) is 21.6. The van der Waals surface area contributed by atoms with Crippen LogP contribution in [0.25, 0.3) is 0 Å². The van der Waals surface area contributed by atoms with Gasteiger partial charge < -0.3 is 29.5 Å². The van der Waals surface area contributed by atoms with E-state index in [1.807, 2.05) is 18.2 Å². The van der Waals surface area contributed by atoms with Crippen molar-refractivity contribution in [2.24, 2.45) is 0 Å². The lowest BCUT2D eigenvalue weighted by Crippen LogP contribution is -2.29. The maximum Gasteiger partial charge on any atom is 0.469 e. The number of phosphoric acid groups is 1. The molecule has 0 heterocycles. The molecule has 0 spiro atoms. The Morgan fingerprint density at radius 1 is 0.593 bits per heavy atom. The normalized spacial score (nSPS) is 14.6. The molecule has 0 aliphatic heterocycles. The number of hydrogen-bond donors (Lipinski definition) is 4. The summed E-state index contributed by atoms with van der Waals surface area (Å²) in [5.74, 6) is -1.20. The molecule has 308 valence electrons. The van der Waals surface area contributed by atoms with Crippen molar-refractivity contribution >= 4 is 19.8 Å². The summed E-state index contributed by atoms with van der Waals surface area (Å²) in [5.41, 5.74) is 0. The van der Waals surface area contributed by atoms with Gasteiger partial charge in [0, 0.05) is 12.8 Å². The average Bonchev–Trinajstić information content (AvgIpc) is 3.13. The van der Waals surface area contributed by atoms with E-state index in [1.165, 1.54) is 51.4 Å². The minimum Gasteiger partial charge on any atom is -0.462 e. The molecule has 3 atom stereocenters. The summed E-state index contributed by atoms with van der Waals surface area (Å²) in [5, 5.41) is 20.2. The number of aliphatic hydroxyl groups excluding tert-OH is 2. The van der Waals surface area contributed by atoms with Crippen molar-refractivity contribution in [2.45, 2.75) is 161 Å². The predicted octanol–water partition coefficient (Wildman–Crippen LogP) is 10.0. The van der Waals surface area contributed by atoms with Gasteiger partial charge in [0.15, 0.2) is 6.10 Å². The summed E-state index contributed by atoms with van der Waals surface area (Å²) in [4.78, 5) is 42.8. The Labute approximate surface area is 326 Å². The van der Waals surface area contributed by atoms with E-state index in [4.69, 9.17) is 19.3 Å². The molecule has 0 radical (unpaired) electrons. The van der Waals surface area contributed by atoms with Gasteiger partial charge in [-0.2, -0.15) is 0 Å². The molecular weight excluding hydrogens is 707 g/mol. The molecular formula is C43H71O10P. The number of rotatable bonds is 35. The number of phosphoric ester groups is 1. The summed E-state index contributed by atoms with van der Waals surface area (Å²) < 4.78 is 26.1. The molecule has 0 saturated carbocycles. The van der Waals surface area contributed by atoms with E-state index in [-0.39, 0.29) is 25.7 Å². The fourth-order valence-corrected chi connectivity index (χ4v) is 5.35. The van der Waals surface area contributed by atoms with Gasteiger partial charge in [0.25, 0.3) is 0 Å². The standard InChI is InChI=1S/C43H71O10P/c1-3-5-7-9-11-12-13-14-15-16-17-18-19-20-21-23-29-35-42(46)51-37-41(38-52-54(48,49)50)53-43(47)36-30-34-40(45)33-28-25-24-27-32-39(44)31-26-22-10-8-6-4-2/h14-15,17-18,20-22,24-28,32-33,39-41,44-45H,3-13,16,19,23,29-31,34-38H2,1-2H3,(H2,48,49,50)/b15-14-,18-17-,21-20-,25-24+,26-22-,32-27+,33-28-/t39-,40-,41+/m0/s1. The molecule has 0 rings (SSSR count). The number of hydrogen-bond acceptors (Lipinski definition) is 8. The Kier molecular flexibility index (Phi) is 35.1. The first-order valence-electron chi connectivity index (χ1n) is 20.1. The fourth-order valence-electron chi connectivity index (χ4n) is 4.99. The second-order valence-electron chi connectivity index (χ2n) is 13.3. The van der Waals surface area contributed by atoms with Gasteiger partial charge >= 0.3 is 19.8 Å². The third-order valence-electron chi connectivity index (χ3n) is 8.08. The highest BCUT2D eigenvalue weighted by Crippen LogP contribution is 2.36. The van der Waals surface area contributed by atoms with Crippen molar-refractivity contribution in [3.63, 3.8) is 0 Å². The van der Waals surface area contributed by atoms with Gasteiger partial charge in [-0.15, -0.1) is 0 Å². The SMILES string of the molecule is CCCCC/C=C\C[C@H](O)/C=C/C=C/C=C\[C@H](O)CCCC(=O)O[C@H](COC(=O)CCC/C=C\C/C=C\C/C=C\CCCCCCCC)COP(=O)(O)O. The third-order valence-corrected chi connectivity index (χ3v) is 8.56. The van der Waals surface area contributed by atoms with Crippen LogP contribution in [-0.4, -0.2) is 63.5 Å². The maximum absolute atomic E-state index is 12.4. The minimum atomic E-state index is -4.84. The van der Waals surface area contributed by atoms with Gasteiger partial charge in [-0.05, 0) is 70.6 Å². The van der Waals surface area contributed by atoms with Gasteiger partial charge in [0.2, 0.25) is 0 Å². The highest BCUT2D eigenvalue weighted by atomic mass is 31.2. The van der Waals surface area contributed by atoms with E-state index < -0.39 is 51.3 Å². The topological polar surface area (TPSA) is 160 Å². The number of esters is 2. The van der Waals surface area contributed by atoms with E-state index in [9.17, 15) is 24.4 Å². The highest BCUT2D eigenvalue weighted by molar-refractivity contribution is 7.46. The van der Waals surface area contributed by atoms with Crippen molar-refractivity contribution in [2.75, 3.05) is 13.2 Å². The van der Waals surface area contributed by atoms with Crippen molar-refractivity contribution < 1.29 is 48.2 Å². The third kappa shape index (κ3) is 38.9. The zero-order chi connectivity index (χ0) is 40.0. The van der Waals surface area contributed by atoms with Crippen LogP contribution in [0.15, 0.2) is 85.1 Å². The Bertz CT molecular complexity index is 1180. The minimum absolute atomic E-state index is 0.0632. The molecule has 0 aliphatic carbocycles. The molecule has 0 aliphatic rings. The first kappa shape index (κ1) is 51.1. The van der Waals surface area contributed by atoms with E-state index in [0.29, 0.717) is 19.3 Å². The Hall–Kier alpha value is -2.85. The van der Waals surface area contributed by atoms with E-state index in [1.54, 1.807) is 36.5 Å². The van der Waals surface area contributed by atoms with Gasteiger partial charge in [-0.3, -0.25) is 14.1 Å². The summed E-state index contributed by atoms with van der Waals surface area (Å²) in [7, 11) is -4.84. The van der Waals surface area contributed by atoms with Crippen LogP contribution >= 0.6 is 7.82 Å². The zero-order valence-electron chi connectivity index (χ0n) is 33.1. The number of ether oxygens (including phenoxy) is 2. The molecule has 0 saturated heterocycles. The smallest absolute Gasteiger partial charge is 0.462 e. The number of carbonyl (C=O) groups is 2. The van der Waals surface area contributed by atoms with Crippen molar-refractivity contribution in [3.8, 4) is 0 Å². The molecule has 0 aromatic heterocycles. The quantitative estimate of drug-likeness (QED) is 0.0160. The van der Waals surface area contributed by atoms with Gasteiger partial charge in [-0.1, -0.05) is 144 Å². The molecule has 0 fully saturated rings. The highest BCUT2D eigenvalue weighted by Gasteiger charge is 2.23. The van der Waals surface area contributed by atoms with Gasteiger partial charge in [0.1, 0.15) is 6.61 Å². The molecule has 0 aromatic carbocycles. The van der Waals surface area contributed by atoms with Crippen LogP contribution in [0.4, 0.5) is 0 Å². The first-order chi connectivity index (χ1) is 26.1. The molecule has 0 unspecified atom stereocenters. The molecule has 4 N–H and O–H groups in total. The number of carbonyl (C=O) groups excluding carboxylic acids is 2. The van der Waals surface area contributed by atoms with Crippen LogP contribution in [0.5, 0.6) is 0 Å². The van der Waals surface area contributed by atoms with Gasteiger partial charge in [0.05, 0.1) is 18.8 Å². The Balaban J connectivity index is 4.32. The summed E-state index contributed by atoms with van der Waals surface area (Å²) in [6.07, 6.45) is 42.2. The fraction of sp³-hybridized carbons (Fsp3) is 0.628. The molecule has 10 nitrogen and oxygen atoms in total. The van der Waals surface area contributed by atoms with E-state index in [2.05, 4.69) is 48.8 Å². The molecule has 54 heavy (non-hydrogen) atoms. The molecule has 11 heteroatoms. The van der Waals surface area contributed by atoms with E-state index >= 15 is 0 Å². The lowest BCUT2D eigenvalue weighted by molar-refractivity contribution is -0.161. The molecule has 0 aromatic rings. The van der Waals surface area contributed by atoms with Crippen LogP contribution in [-0.2, 0) is 28.2 Å². The van der Waals surface area contributed by atoms with Crippen molar-refractivity contribution in [3.05, 3.63) is 85.1 Å². The second kappa shape index (κ2) is 37.1. The van der Waals surface area contributed by atoms with E-state index in [0.717, 1.165) is 32.1 Å². The van der Waals surface area contributed by atoms with Crippen molar-refractivity contribution in [1.29, 1.82) is 0 Å². The van der Waals surface area contributed by atoms with Crippen LogP contribution < -0.4 is 0 Å². The molecule has 0 amide bonds. The second-order valence-corrected chi connectivity index (χ2v) is 14.5. The number of unbranched alkanes of at least 4 members (excludes halogenated alkanes) is 10. The molecule has 0 bridgehead atoms. The van der Waals surface area contributed by atoms with Crippen molar-refractivity contribution in [1.82, 2.24) is 0 Å². The lowest BCUT2D eigenvalue weighted by Gasteiger charge is -2.18. The predicted molar refractivity (Wildman–Crippen MR) is 219 cm³/mol. The van der Waals surface area contributed by atoms with Crippen LogP contribution in [0.1, 0.15) is 142 Å². The summed E-state index contributed by atoms with van der Waals surface area (Å²) in [6, 6.07) is 0. The summed E-state index contributed by atoms with van der Waals surface area (Å²) >= 11 is 0.